The van der Waals surface area contributed by atoms with Crippen molar-refractivity contribution in [1.29, 1.82) is 0 Å². The standard InChI is InChI=1S/C20H18N4O3S/c1-13(25)21-19-22-24(14(2)26)20(28-19)16-10-6-7-11-17(16)23(18(20)27)12-15-8-4-3-5-9-15/h3-11H,12H2,1-2H3,(H,21,22,25)/t20-/m0/s1. The Labute approximate surface area is 166 Å². The number of para-hydroxylation sites is 1. The van der Waals surface area contributed by atoms with Gasteiger partial charge in [0.05, 0.1) is 12.2 Å². The maximum Gasteiger partial charge on any atom is 0.271 e. The summed E-state index contributed by atoms with van der Waals surface area (Å²) in [4.78, 5) is 37.9. The number of hydrazone groups is 1. The van der Waals surface area contributed by atoms with E-state index in [9.17, 15) is 14.4 Å². The van der Waals surface area contributed by atoms with Crippen molar-refractivity contribution in [3.8, 4) is 0 Å². The van der Waals surface area contributed by atoms with Gasteiger partial charge in [0, 0.05) is 19.4 Å². The van der Waals surface area contributed by atoms with Gasteiger partial charge in [0.25, 0.3) is 5.91 Å². The smallest absolute Gasteiger partial charge is 0.271 e. The number of thioether (sulfide) groups is 1. The van der Waals surface area contributed by atoms with Crippen LogP contribution in [0, 0.1) is 0 Å². The van der Waals surface area contributed by atoms with Crippen LogP contribution < -0.4 is 10.2 Å². The van der Waals surface area contributed by atoms with Crippen LogP contribution in [0.1, 0.15) is 25.0 Å². The van der Waals surface area contributed by atoms with Crippen molar-refractivity contribution in [1.82, 2.24) is 10.3 Å². The number of amidine groups is 1. The molecule has 2 aliphatic heterocycles. The van der Waals surface area contributed by atoms with Crippen LogP contribution >= 0.6 is 11.8 Å². The number of carbonyl (C=O) groups is 3. The van der Waals surface area contributed by atoms with Gasteiger partial charge < -0.3 is 10.2 Å². The van der Waals surface area contributed by atoms with E-state index in [-0.39, 0.29) is 22.9 Å². The number of hydrogen-bond donors (Lipinski definition) is 1. The number of anilines is 1. The Bertz CT molecular complexity index is 1010. The van der Waals surface area contributed by atoms with Crippen molar-refractivity contribution in [3.05, 3.63) is 65.7 Å². The van der Waals surface area contributed by atoms with Gasteiger partial charge in [-0.3, -0.25) is 14.4 Å². The number of nitrogens with zero attached hydrogens (tertiary/aromatic N) is 3. The molecule has 2 heterocycles. The van der Waals surface area contributed by atoms with Crippen LogP contribution in [0.15, 0.2) is 59.7 Å². The molecular formula is C20H18N4O3S. The molecule has 28 heavy (non-hydrogen) atoms. The largest absolute Gasteiger partial charge is 0.304 e. The van der Waals surface area contributed by atoms with Crippen molar-refractivity contribution in [2.45, 2.75) is 25.3 Å². The Hall–Kier alpha value is -3.13. The molecule has 0 bridgehead atoms. The summed E-state index contributed by atoms with van der Waals surface area (Å²) >= 11 is 1.08. The minimum absolute atomic E-state index is 0.229. The number of fused-ring (bicyclic) bond motifs is 2. The van der Waals surface area contributed by atoms with Crippen LogP contribution in [-0.2, 0) is 25.8 Å². The van der Waals surface area contributed by atoms with Crippen LogP contribution in [-0.4, -0.2) is 27.9 Å². The summed E-state index contributed by atoms with van der Waals surface area (Å²) in [5.74, 6) is -0.953. The van der Waals surface area contributed by atoms with Crippen molar-refractivity contribution >= 4 is 40.3 Å². The van der Waals surface area contributed by atoms with E-state index in [4.69, 9.17) is 0 Å². The molecule has 0 unspecified atom stereocenters. The molecule has 3 amide bonds. The zero-order valence-electron chi connectivity index (χ0n) is 15.4. The Balaban J connectivity index is 1.80. The number of benzene rings is 2. The van der Waals surface area contributed by atoms with Gasteiger partial charge in [-0.05, 0) is 23.4 Å². The topological polar surface area (TPSA) is 82.1 Å². The molecule has 0 aromatic heterocycles. The molecule has 8 heteroatoms. The van der Waals surface area contributed by atoms with Crippen molar-refractivity contribution < 1.29 is 14.4 Å². The molecule has 2 aromatic carbocycles. The van der Waals surface area contributed by atoms with E-state index in [0.717, 1.165) is 23.0 Å². The first kappa shape index (κ1) is 18.2. The average molecular weight is 394 g/mol. The van der Waals surface area contributed by atoms with Gasteiger partial charge in [-0.1, -0.05) is 48.5 Å². The molecule has 142 valence electrons. The summed E-state index contributed by atoms with van der Waals surface area (Å²) in [7, 11) is 0. The quantitative estimate of drug-likeness (QED) is 0.848. The van der Waals surface area contributed by atoms with E-state index in [0.29, 0.717) is 12.1 Å². The summed E-state index contributed by atoms with van der Waals surface area (Å²) in [6.45, 7) is 3.09. The highest BCUT2D eigenvalue weighted by atomic mass is 32.2. The van der Waals surface area contributed by atoms with Crippen molar-refractivity contribution in [2.24, 2.45) is 5.10 Å². The van der Waals surface area contributed by atoms with Crippen molar-refractivity contribution in [3.63, 3.8) is 0 Å². The average Bonchev–Trinajstić information content (AvgIpc) is 3.15. The molecule has 2 aliphatic rings. The van der Waals surface area contributed by atoms with Gasteiger partial charge in [0.15, 0.2) is 5.17 Å². The lowest BCUT2D eigenvalue weighted by atomic mass is 10.1. The minimum atomic E-state index is -1.35. The highest BCUT2D eigenvalue weighted by molar-refractivity contribution is 8.15. The fraction of sp³-hybridized carbons (Fsp3) is 0.200. The number of rotatable bonds is 2. The third-order valence-electron chi connectivity index (χ3n) is 4.59. The molecule has 7 nitrogen and oxygen atoms in total. The molecule has 1 spiro atoms. The Kier molecular flexibility index (Phi) is 4.43. The highest BCUT2D eigenvalue weighted by Crippen LogP contribution is 2.54. The Morgan fingerprint density at radius 2 is 1.75 bits per heavy atom. The van der Waals surface area contributed by atoms with E-state index >= 15 is 0 Å². The van der Waals surface area contributed by atoms with E-state index in [1.54, 1.807) is 4.90 Å². The van der Waals surface area contributed by atoms with Gasteiger partial charge in [0.2, 0.25) is 16.7 Å². The third-order valence-corrected chi connectivity index (χ3v) is 5.83. The zero-order valence-corrected chi connectivity index (χ0v) is 16.2. The van der Waals surface area contributed by atoms with E-state index in [2.05, 4.69) is 10.4 Å². The summed E-state index contributed by atoms with van der Waals surface area (Å²) < 4.78 is 0. The zero-order chi connectivity index (χ0) is 19.9. The fourth-order valence-corrected chi connectivity index (χ4v) is 4.82. The number of hydrogen-bond acceptors (Lipinski definition) is 5. The third kappa shape index (κ3) is 2.77. The molecule has 4 rings (SSSR count). The molecule has 0 saturated heterocycles. The molecular weight excluding hydrogens is 376 g/mol. The Morgan fingerprint density at radius 3 is 2.43 bits per heavy atom. The second-order valence-corrected chi connectivity index (χ2v) is 7.74. The van der Waals surface area contributed by atoms with Crippen LogP contribution in [0.2, 0.25) is 0 Å². The SMILES string of the molecule is CC(=O)NC1=NN(C(C)=O)[C@@]2(S1)C(=O)N(Cc1ccccc1)c1ccccc12. The molecule has 2 aromatic rings. The molecule has 0 saturated carbocycles. The molecule has 1 atom stereocenters. The summed E-state index contributed by atoms with van der Waals surface area (Å²) in [6, 6.07) is 17.0. The first-order valence-corrected chi connectivity index (χ1v) is 9.56. The van der Waals surface area contributed by atoms with Gasteiger partial charge in [-0.2, -0.15) is 5.01 Å². The molecule has 0 aliphatic carbocycles. The van der Waals surface area contributed by atoms with Gasteiger partial charge in [0.1, 0.15) is 0 Å². The molecule has 0 fully saturated rings. The van der Waals surface area contributed by atoms with Crippen molar-refractivity contribution in [2.75, 3.05) is 4.90 Å². The second kappa shape index (κ2) is 6.79. The molecule has 0 radical (unpaired) electrons. The minimum Gasteiger partial charge on any atom is -0.304 e. The first-order valence-electron chi connectivity index (χ1n) is 8.75. The van der Waals surface area contributed by atoms with Crippen LogP contribution in [0.5, 0.6) is 0 Å². The van der Waals surface area contributed by atoms with Gasteiger partial charge in [-0.25, -0.2) is 0 Å². The van der Waals surface area contributed by atoms with Crippen LogP contribution in [0.3, 0.4) is 0 Å². The first-order chi connectivity index (χ1) is 13.4. The predicted molar refractivity (Wildman–Crippen MR) is 107 cm³/mol. The number of carbonyl (C=O) groups excluding carboxylic acids is 3. The summed E-state index contributed by atoms with van der Waals surface area (Å²) in [6.07, 6.45) is 0. The number of nitrogens with one attached hydrogen (secondary N) is 1. The monoisotopic (exact) mass is 394 g/mol. The van der Waals surface area contributed by atoms with E-state index in [1.807, 2.05) is 54.6 Å². The Morgan fingerprint density at radius 1 is 1.07 bits per heavy atom. The lowest BCUT2D eigenvalue weighted by Gasteiger charge is -2.29. The lowest BCUT2D eigenvalue weighted by Crippen LogP contribution is -2.48. The highest BCUT2D eigenvalue weighted by Gasteiger charge is 2.61. The number of amides is 3. The second-order valence-electron chi connectivity index (χ2n) is 6.56. The van der Waals surface area contributed by atoms with E-state index in [1.165, 1.54) is 18.9 Å². The predicted octanol–water partition coefficient (Wildman–Crippen LogP) is 2.39. The van der Waals surface area contributed by atoms with Gasteiger partial charge in [-0.15, -0.1) is 5.10 Å². The maximum absolute atomic E-state index is 13.7. The summed E-state index contributed by atoms with van der Waals surface area (Å²) in [5.41, 5.74) is 2.39. The molecule has 1 N–H and O–H groups in total. The van der Waals surface area contributed by atoms with Crippen LogP contribution in [0.4, 0.5) is 5.69 Å². The normalized spacial score (nSPS) is 20.4. The fourth-order valence-electron chi connectivity index (χ4n) is 3.49. The van der Waals surface area contributed by atoms with Crippen LogP contribution in [0.25, 0.3) is 0 Å². The lowest BCUT2D eigenvalue weighted by molar-refractivity contribution is -0.139. The maximum atomic E-state index is 13.7. The van der Waals surface area contributed by atoms with Gasteiger partial charge >= 0.3 is 0 Å². The van der Waals surface area contributed by atoms with E-state index < -0.39 is 4.87 Å². The summed E-state index contributed by atoms with van der Waals surface area (Å²) in [5, 5.41) is 8.25.